The molecule has 2 heterocycles. The van der Waals surface area contributed by atoms with E-state index in [2.05, 4.69) is 36.6 Å². The predicted octanol–water partition coefficient (Wildman–Crippen LogP) is 3.58. The van der Waals surface area contributed by atoms with E-state index in [4.69, 9.17) is 22.3 Å². The van der Waals surface area contributed by atoms with Crippen molar-refractivity contribution in [2.24, 2.45) is 11.7 Å². The molecule has 2 aromatic heterocycles. The second-order valence-corrected chi connectivity index (χ2v) is 8.91. The molecule has 3 aromatic rings. The summed E-state index contributed by atoms with van der Waals surface area (Å²) in [6.07, 6.45) is 4.15. The van der Waals surface area contributed by atoms with Crippen LogP contribution in [-0.4, -0.2) is 38.7 Å². The average molecular weight is 493 g/mol. The standard InChI is InChI=1S/C20H23BrClN7O/c1-10(23)12-6-13(22)8-15(7-12)29-19-16(18(21)28-29)9-25-20(27-19)26-14-3-11(4-14)5-17(30)24-2/h6-11,14H,3-5,23H2,1-2H3,(H,24,30)(H,25,26,27)/t10-,11-,14-/m0/s1. The number of carbonyl (C=O) groups is 1. The summed E-state index contributed by atoms with van der Waals surface area (Å²) in [4.78, 5) is 20.6. The molecule has 0 unspecified atom stereocenters. The summed E-state index contributed by atoms with van der Waals surface area (Å²) in [5, 5.41) is 12.0. The van der Waals surface area contributed by atoms with Crippen LogP contribution in [0.25, 0.3) is 16.7 Å². The highest BCUT2D eigenvalue weighted by Gasteiger charge is 2.31. The maximum atomic E-state index is 11.5. The second-order valence-electron chi connectivity index (χ2n) is 7.72. The first-order valence-corrected chi connectivity index (χ1v) is 11.0. The van der Waals surface area contributed by atoms with Crippen LogP contribution in [0, 0.1) is 5.92 Å². The van der Waals surface area contributed by atoms with Crippen molar-refractivity contribution >= 4 is 50.4 Å². The van der Waals surface area contributed by atoms with Gasteiger partial charge in [-0.05, 0) is 65.4 Å². The van der Waals surface area contributed by atoms with Gasteiger partial charge >= 0.3 is 0 Å². The molecule has 1 saturated carbocycles. The maximum absolute atomic E-state index is 11.5. The SMILES string of the molecule is CNC(=O)C[C@H]1C[C@H](Nc2ncc3c(Br)nn(-c4cc(Cl)cc([C@H](C)N)c4)c3n2)C1. The van der Waals surface area contributed by atoms with Crippen LogP contribution in [-0.2, 0) is 4.79 Å². The number of nitrogens with zero attached hydrogens (tertiary/aromatic N) is 4. The fourth-order valence-electron chi connectivity index (χ4n) is 3.67. The van der Waals surface area contributed by atoms with Gasteiger partial charge in [-0.1, -0.05) is 11.6 Å². The summed E-state index contributed by atoms with van der Waals surface area (Å²) < 4.78 is 2.39. The molecule has 1 aliphatic rings. The number of hydrogen-bond acceptors (Lipinski definition) is 6. The van der Waals surface area contributed by atoms with Gasteiger partial charge in [0.15, 0.2) is 5.65 Å². The smallest absolute Gasteiger partial charge is 0.224 e. The largest absolute Gasteiger partial charge is 0.359 e. The van der Waals surface area contributed by atoms with Gasteiger partial charge in [0.25, 0.3) is 0 Å². The van der Waals surface area contributed by atoms with Crippen LogP contribution in [0.2, 0.25) is 5.02 Å². The lowest BCUT2D eigenvalue weighted by atomic mass is 9.78. The zero-order chi connectivity index (χ0) is 21.4. The Labute approximate surface area is 187 Å². The summed E-state index contributed by atoms with van der Waals surface area (Å²) in [5.74, 6) is 1.01. The van der Waals surface area contributed by atoms with E-state index in [0.717, 1.165) is 29.5 Å². The van der Waals surface area contributed by atoms with Crippen molar-refractivity contribution in [3.63, 3.8) is 0 Å². The Hall–Kier alpha value is -2.23. The van der Waals surface area contributed by atoms with Crippen LogP contribution in [0.4, 0.5) is 5.95 Å². The number of hydrogen-bond donors (Lipinski definition) is 3. The van der Waals surface area contributed by atoms with Crippen LogP contribution in [0.3, 0.4) is 0 Å². The van der Waals surface area contributed by atoms with E-state index in [-0.39, 0.29) is 18.0 Å². The summed E-state index contributed by atoms with van der Waals surface area (Å²) >= 11 is 9.80. The summed E-state index contributed by atoms with van der Waals surface area (Å²) in [6, 6.07) is 5.75. The lowest BCUT2D eigenvalue weighted by Gasteiger charge is -2.35. The van der Waals surface area contributed by atoms with E-state index in [1.54, 1.807) is 17.9 Å². The van der Waals surface area contributed by atoms with Crippen molar-refractivity contribution in [1.82, 2.24) is 25.1 Å². The normalized spacial score (nSPS) is 19.4. The molecule has 10 heteroatoms. The highest BCUT2D eigenvalue weighted by molar-refractivity contribution is 9.10. The molecule has 1 atom stereocenters. The number of anilines is 1. The number of nitrogens with two attached hydrogens (primary N) is 1. The van der Waals surface area contributed by atoms with Crippen molar-refractivity contribution in [2.45, 2.75) is 38.3 Å². The molecule has 1 fully saturated rings. The van der Waals surface area contributed by atoms with E-state index >= 15 is 0 Å². The molecule has 0 radical (unpaired) electrons. The first kappa shape index (κ1) is 21.0. The number of benzene rings is 1. The van der Waals surface area contributed by atoms with E-state index in [0.29, 0.717) is 33.6 Å². The van der Waals surface area contributed by atoms with E-state index in [1.807, 2.05) is 25.1 Å². The van der Waals surface area contributed by atoms with Gasteiger partial charge < -0.3 is 16.4 Å². The average Bonchev–Trinajstić information content (AvgIpc) is 3.01. The van der Waals surface area contributed by atoms with E-state index in [9.17, 15) is 4.79 Å². The summed E-state index contributed by atoms with van der Waals surface area (Å²) in [5.41, 5.74) is 8.41. The van der Waals surface area contributed by atoms with Gasteiger partial charge in [-0.15, -0.1) is 0 Å². The topological polar surface area (TPSA) is 111 Å². The van der Waals surface area contributed by atoms with Gasteiger partial charge in [0, 0.05) is 36.8 Å². The Balaban J connectivity index is 1.59. The molecule has 1 aromatic carbocycles. The fourth-order valence-corrected chi connectivity index (χ4v) is 4.34. The van der Waals surface area contributed by atoms with Gasteiger partial charge in [-0.25, -0.2) is 9.67 Å². The highest BCUT2D eigenvalue weighted by Crippen LogP contribution is 2.33. The van der Waals surface area contributed by atoms with E-state index < -0.39 is 0 Å². The number of carbonyl (C=O) groups excluding carboxylic acids is 1. The third kappa shape index (κ3) is 4.28. The molecule has 0 aliphatic heterocycles. The predicted molar refractivity (Wildman–Crippen MR) is 121 cm³/mol. The quantitative estimate of drug-likeness (QED) is 0.485. The summed E-state index contributed by atoms with van der Waals surface area (Å²) in [6.45, 7) is 1.91. The molecule has 1 amide bonds. The first-order valence-electron chi connectivity index (χ1n) is 9.79. The van der Waals surface area contributed by atoms with Gasteiger partial charge in [-0.2, -0.15) is 10.1 Å². The van der Waals surface area contributed by atoms with Crippen molar-refractivity contribution in [3.8, 4) is 5.69 Å². The molecule has 4 rings (SSSR count). The zero-order valence-corrected chi connectivity index (χ0v) is 19.0. The Kier molecular flexibility index (Phi) is 5.95. The zero-order valence-electron chi connectivity index (χ0n) is 16.7. The number of amides is 1. The van der Waals surface area contributed by atoms with Crippen molar-refractivity contribution in [2.75, 3.05) is 12.4 Å². The van der Waals surface area contributed by atoms with Gasteiger partial charge in [0.05, 0.1) is 11.1 Å². The highest BCUT2D eigenvalue weighted by atomic mass is 79.9. The lowest BCUT2D eigenvalue weighted by Crippen LogP contribution is -2.38. The Morgan fingerprint density at radius 2 is 2.17 bits per heavy atom. The van der Waals surface area contributed by atoms with Crippen molar-refractivity contribution in [1.29, 1.82) is 0 Å². The number of halogens is 2. The minimum absolute atomic E-state index is 0.0811. The van der Waals surface area contributed by atoms with Gasteiger partial charge in [0.2, 0.25) is 11.9 Å². The molecule has 0 bridgehead atoms. The number of nitrogens with one attached hydrogen (secondary N) is 2. The fraction of sp³-hybridized carbons (Fsp3) is 0.400. The van der Waals surface area contributed by atoms with Crippen molar-refractivity contribution < 1.29 is 4.79 Å². The minimum atomic E-state index is -0.152. The number of fused-ring (bicyclic) bond motifs is 1. The molecule has 8 nitrogen and oxygen atoms in total. The second kappa shape index (κ2) is 8.49. The van der Waals surface area contributed by atoms with Crippen LogP contribution in [0.15, 0.2) is 29.0 Å². The third-order valence-corrected chi connectivity index (χ3v) is 6.18. The Bertz CT molecular complexity index is 1090. The summed E-state index contributed by atoms with van der Waals surface area (Å²) in [7, 11) is 1.66. The Morgan fingerprint density at radius 3 is 2.87 bits per heavy atom. The molecule has 0 saturated heterocycles. The van der Waals surface area contributed by atoms with Crippen LogP contribution in [0.5, 0.6) is 0 Å². The maximum Gasteiger partial charge on any atom is 0.224 e. The number of rotatable bonds is 6. The molecule has 30 heavy (non-hydrogen) atoms. The minimum Gasteiger partial charge on any atom is -0.359 e. The van der Waals surface area contributed by atoms with E-state index in [1.165, 1.54) is 0 Å². The molecule has 1 aliphatic carbocycles. The van der Waals surface area contributed by atoms with Crippen LogP contribution >= 0.6 is 27.5 Å². The molecule has 4 N–H and O–H groups in total. The van der Waals surface area contributed by atoms with Crippen molar-refractivity contribution in [3.05, 3.63) is 39.6 Å². The Morgan fingerprint density at radius 1 is 1.40 bits per heavy atom. The van der Waals surface area contributed by atoms with Gasteiger partial charge in [-0.3, -0.25) is 4.79 Å². The monoisotopic (exact) mass is 491 g/mol. The lowest BCUT2D eigenvalue weighted by molar-refractivity contribution is -0.122. The first-order chi connectivity index (χ1) is 14.3. The van der Waals surface area contributed by atoms with Crippen LogP contribution in [0.1, 0.15) is 37.8 Å². The molecular formula is C20H23BrClN7O. The van der Waals surface area contributed by atoms with Gasteiger partial charge in [0.1, 0.15) is 4.60 Å². The molecule has 0 spiro atoms. The molecule has 158 valence electrons. The molecular weight excluding hydrogens is 470 g/mol. The van der Waals surface area contributed by atoms with Crippen LogP contribution < -0.4 is 16.4 Å². The number of aromatic nitrogens is 4. The third-order valence-electron chi connectivity index (χ3n) is 5.38.